The molecule has 0 radical (unpaired) electrons. The van der Waals surface area contributed by atoms with Crippen molar-refractivity contribution in [3.8, 4) is 0 Å². The lowest BCUT2D eigenvalue weighted by molar-refractivity contribution is -0.141. The smallest absolute Gasteiger partial charge is 0.308 e. The van der Waals surface area contributed by atoms with Crippen LogP contribution in [-0.4, -0.2) is 52.4 Å². The second-order valence-corrected chi connectivity index (χ2v) is 6.45. The third-order valence-corrected chi connectivity index (χ3v) is 4.98. The summed E-state index contributed by atoms with van der Waals surface area (Å²) in [5.41, 5.74) is 0.642. The van der Waals surface area contributed by atoms with E-state index in [1.165, 1.54) is 11.3 Å². The average molecular weight is 323 g/mol. The summed E-state index contributed by atoms with van der Waals surface area (Å²) in [4.78, 5) is 42.4. The van der Waals surface area contributed by atoms with Crippen molar-refractivity contribution in [1.29, 1.82) is 0 Å². The quantitative estimate of drug-likeness (QED) is 0.883. The molecule has 1 N–H and O–H groups in total. The Morgan fingerprint density at radius 1 is 1.41 bits per heavy atom. The number of carbonyl (C=O) groups excluding carboxylic acids is 2. The maximum atomic E-state index is 12.2. The number of likely N-dealkylation sites (tertiary alicyclic amines) is 1. The molecule has 118 valence electrons. The molecule has 0 aromatic carbocycles. The van der Waals surface area contributed by atoms with Crippen LogP contribution < -0.4 is 4.90 Å². The fourth-order valence-electron chi connectivity index (χ4n) is 2.81. The Labute approximate surface area is 131 Å². The fourth-order valence-corrected chi connectivity index (χ4v) is 3.67. The Kier molecular flexibility index (Phi) is 4.10. The number of hydrogen-bond acceptors (Lipinski definition) is 5. The van der Waals surface area contributed by atoms with Gasteiger partial charge in [0.15, 0.2) is 5.13 Å². The van der Waals surface area contributed by atoms with Gasteiger partial charge >= 0.3 is 5.97 Å². The molecule has 0 aliphatic carbocycles. The fraction of sp³-hybridized carbons (Fsp3) is 0.571. The second-order valence-electron chi connectivity index (χ2n) is 5.61. The van der Waals surface area contributed by atoms with Gasteiger partial charge in [-0.3, -0.25) is 19.3 Å². The zero-order valence-corrected chi connectivity index (χ0v) is 12.8. The monoisotopic (exact) mass is 323 g/mol. The van der Waals surface area contributed by atoms with E-state index in [9.17, 15) is 14.4 Å². The molecule has 2 fully saturated rings. The molecule has 0 saturated carbocycles. The SMILES string of the molecule is O=C(O)C1CCN(C(=O)Cc2csc(N3CCCC3=O)n2)C1. The van der Waals surface area contributed by atoms with Gasteiger partial charge in [-0.25, -0.2) is 4.98 Å². The van der Waals surface area contributed by atoms with Crippen LogP contribution in [-0.2, 0) is 20.8 Å². The number of hydrogen-bond donors (Lipinski definition) is 1. The predicted octanol–water partition coefficient (Wildman–Crippen LogP) is 0.745. The van der Waals surface area contributed by atoms with Gasteiger partial charge in [0.05, 0.1) is 18.0 Å². The molecular formula is C14H17N3O4S. The molecule has 2 saturated heterocycles. The van der Waals surface area contributed by atoms with Gasteiger partial charge in [-0.05, 0) is 12.8 Å². The van der Waals surface area contributed by atoms with Crippen LogP contribution in [0.3, 0.4) is 0 Å². The van der Waals surface area contributed by atoms with E-state index in [1.807, 2.05) is 0 Å². The highest BCUT2D eigenvalue weighted by Crippen LogP contribution is 2.26. The Hall–Kier alpha value is -1.96. The van der Waals surface area contributed by atoms with Crippen molar-refractivity contribution < 1.29 is 19.5 Å². The molecule has 0 bridgehead atoms. The second kappa shape index (κ2) is 6.04. The number of aliphatic carboxylic acids is 1. The van der Waals surface area contributed by atoms with Crippen molar-refractivity contribution in [2.75, 3.05) is 24.5 Å². The van der Waals surface area contributed by atoms with Crippen LogP contribution in [0, 0.1) is 5.92 Å². The molecule has 2 aliphatic heterocycles. The molecule has 3 rings (SSSR count). The lowest BCUT2D eigenvalue weighted by Crippen LogP contribution is -2.31. The van der Waals surface area contributed by atoms with Crippen LogP contribution in [0.15, 0.2) is 5.38 Å². The Bertz CT molecular complexity index is 615. The molecule has 7 nitrogen and oxygen atoms in total. The zero-order valence-electron chi connectivity index (χ0n) is 12.0. The number of carboxylic acids is 1. The highest BCUT2D eigenvalue weighted by Gasteiger charge is 2.31. The van der Waals surface area contributed by atoms with Crippen molar-refractivity contribution >= 4 is 34.3 Å². The van der Waals surface area contributed by atoms with E-state index >= 15 is 0 Å². The first-order valence-electron chi connectivity index (χ1n) is 7.30. The first-order valence-corrected chi connectivity index (χ1v) is 8.18. The molecule has 22 heavy (non-hydrogen) atoms. The van der Waals surface area contributed by atoms with E-state index in [2.05, 4.69) is 4.98 Å². The zero-order chi connectivity index (χ0) is 15.7. The third-order valence-electron chi connectivity index (χ3n) is 4.07. The summed E-state index contributed by atoms with van der Waals surface area (Å²) < 4.78 is 0. The molecule has 1 aromatic heterocycles. The third kappa shape index (κ3) is 2.96. The molecule has 2 aliphatic rings. The number of carbonyl (C=O) groups is 3. The normalized spacial score (nSPS) is 21.6. The van der Waals surface area contributed by atoms with Crippen LogP contribution in [0.1, 0.15) is 25.0 Å². The summed E-state index contributed by atoms with van der Waals surface area (Å²) >= 11 is 1.37. The van der Waals surface area contributed by atoms with Gasteiger partial charge in [0.1, 0.15) is 0 Å². The summed E-state index contributed by atoms with van der Waals surface area (Å²) in [6.45, 7) is 1.44. The number of amides is 2. The summed E-state index contributed by atoms with van der Waals surface area (Å²) in [7, 11) is 0. The maximum absolute atomic E-state index is 12.2. The highest BCUT2D eigenvalue weighted by atomic mass is 32.1. The molecule has 1 atom stereocenters. The van der Waals surface area contributed by atoms with Crippen LogP contribution in [0.2, 0.25) is 0 Å². The van der Waals surface area contributed by atoms with Gasteiger partial charge in [0.25, 0.3) is 0 Å². The van der Waals surface area contributed by atoms with Gasteiger partial charge in [0, 0.05) is 31.4 Å². The van der Waals surface area contributed by atoms with Gasteiger partial charge in [0.2, 0.25) is 11.8 Å². The minimum absolute atomic E-state index is 0.0797. The number of thiazole rings is 1. The first kappa shape index (κ1) is 15.0. The number of carboxylic acid groups (broad SMARTS) is 1. The van der Waals surface area contributed by atoms with Crippen molar-refractivity contribution in [3.05, 3.63) is 11.1 Å². The van der Waals surface area contributed by atoms with Gasteiger partial charge in [-0.2, -0.15) is 0 Å². The Balaban J connectivity index is 1.59. The van der Waals surface area contributed by atoms with Crippen LogP contribution in [0.5, 0.6) is 0 Å². The van der Waals surface area contributed by atoms with Crippen LogP contribution in [0.4, 0.5) is 5.13 Å². The van der Waals surface area contributed by atoms with Gasteiger partial charge in [-0.1, -0.05) is 0 Å². The van der Waals surface area contributed by atoms with E-state index in [0.29, 0.717) is 36.8 Å². The minimum Gasteiger partial charge on any atom is -0.481 e. The van der Waals surface area contributed by atoms with Crippen LogP contribution >= 0.6 is 11.3 Å². The molecule has 3 heterocycles. The van der Waals surface area contributed by atoms with E-state index in [4.69, 9.17) is 5.11 Å². The van der Waals surface area contributed by atoms with Gasteiger partial charge in [-0.15, -0.1) is 11.3 Å². The average Bonchev–Trinajstić information content (AvgIpc) is 3.17. The summed E-state index contributed by atoms with van der Waals surface area (Å²) in [5.74, 6) is -1.33. The van der Waals surface area contributed by atoms with Gasteiger partial charge < -0.3 is 10.0 Å². The number of nitrogens with zero attached hydrogens (tertiary/aromatic N) is 3. The molecule has 8 heteroatoms. The molecular weight excluding hydrogens is 306 g/mol. The van der Waals surface area contributed by atoms with E-state index in [1.54, 1.807) is 15.2 Å². The van der Waals surface area contributed by atoms with E-state index in [0.717, 1.165) is 6.42 Å². The van der Waals surface area contributed by atoms with Crippen molar-refractivity contribution in [2.24, 2.45) is 5.92 Å². The van der Waals surface area contributed by atoms with Crippen molar-refractivity contribution in [2.45, 2.75) is 25.7 Å². The predicted molar refractivity (Wildman–Crippen MR) is 79.7 cm³/mol. The Morgan fingerprint density at radius 3 is 2.86 bits per heavy atom. The summed E-state index contributed by atoms with van der Waals surface area (Å²) in [6.07, 6.45) is 2.06. The highest BCUT2D eigenvalue weighted by molar-refractivity contribution is 7.14. The lowest BCUT2D eigenvalue weighted by Gasteiger charge is -2.15. The van der Waals surface area contributed by atoms with E-state index in [-0.39, 0.29) is 24.8 Å². The van der Waals surface area contributed by atoms with Crippen molar-refractivity contribution in [1.82, 2.24) is 9.88 Å². The van der Waals surface area contributed by atoms with Crippen LogP contribution in [0.25, 0.3) is 0 Å². The maximum Gasteiger partial charge on any atom is 0.308 e. The molecule has 2 amide bonds. The number of aromatic nitrogens is 1. The topological polar surface area (TPSA) is 90.8 Å². The minimum atomic E-state index is -0.848. The number of rotatable bonds is 4. The van der Waals surface area contributed by atoms with E-state index < -0.39 is 11.9 Å². The molecule has 1 aromatic rings. The summed E-state index contributed by atoms with van der Waals surface area (Å²) in [5, 5.41) is 11.4. The standard InChI is InChI=1S/C14H17N3O4S/c18-11-2-1-4-17(11)14-15-10(8-22-14)6-12(19)16-5-3-9(7-16)13(20)21/h8-9H,1-7H2,(H,20,21). The van der Waals surface area contributed by atoms with Crippen molar-refractivity contribution in [3.63, 3.8) is 0 Å². The Morgan fingerprint density at radius 2 is 2.23 bits per heavy atom. The number of anilines is 1. The molecule has 0 spiro atoms. The first-order chi connectivity index (χ1) is 10.5. The summed E-state index contributed by atoms with van der Waals surface area (Å²) in [6, 6.07) is 0. The lowest BCUT2D eigenvalue weighted by atomic mass is 10.1. The largest absolute Gasteiger partial charge is 0.481 e. The molecule has 1 unspecified atom stereocenters.